The number of hydrogen-bond acceptors (Lipinski definition) is 5. The molecule has 0 bridgehead atoms. The number of esters is 1. The van der Waals surface area contributed by atoms with Crippen LogP contribution in [0.2, 0.25) is 0 Å². The summed E-state index contributed by atoms with van der Waals surface area (Å²) >= 11 is 0. The molecule has 0 heterocycles. The highest BCUT2D eigenvalue weighted by Gasteiger charge is 2.24. The first-order chi connectivity index (χ1) is 10.7. The molecule has 0 aliphatic carbocycles. The Kier molecular flexibility index (Phi) is 6.51. The van der Waals surface area contributed by atoms with E-state index >= 15 is 0 Å². The molecule has 2 N–H and O–H groups in total. The average Bonchev–Trinajstić information content (AvgIpc) is 2.48. The molecule has 11 heteroatoms. The van der Waals surface area contributed by atoms with Crippen LogP contribution in [-0.2, 0) is 24.3 Å². The van der Waals surface area contributed by atoms with Gasteiger partial charge in [-0.3, -0.25) is 9.59 Å². The van der Waals surface area contributed by atoms with E-state index in [0.29, 0.717) is 18.7 Å². The van der Waals surface area contributed by atoms with Crippen molar-refractivity contribution in [3.63, 3.8) is 0 Å². The van der Waals surface area contributed by atoms with Crippen molar-refractivity contribution in [1.29, 1.82) is 0 Å². The maximum absolute atomic E-state index is 13.4. The van der Waals surface area contributed by atoms with Gasteiger partial charge in [-0.05, 0) is 19.1 Å². The Labute approximate surface area is 129 Å². The van der Waals surface area contributed by atoms with Crippen LogP contribution in [0.3, 0.4) is 0 Å². The van der Waals surface area contributed by atoms with Crippen LogP contribution in [0, 0.1) is 17.5 Å². The van der Waals surface area contributed by atoms with Crippen LogP contribution in [0.5, 0.6) is 0 Å². The maximum Gasteiger partial charge on any atom is 0.321 e. The Hall–Kier alpha value is -2.14. The first-order valence-corrected chi connectivity index (χ1v) is 7.72. The highest BCUT2D eigenvalue weighted by molar-refractivity contribution is 7.89. The molecule has 0 spiro atoms. The van der Waals surface area contributed by atoms with Crippen LogP contribution in [-0.4, -0.2) is 40.0 Å². The number of likely N-dealkylation sites (N-methyl/N-ethyl adjacent to an activating group) is 1. The average molecular weight is 354 g/mol. The minimum atomic E-state index is -4.61. The van der Waals surface area contributed by atoms with Gasteiger partial charge in [0, 0.05) is 6.54 Å². The zero-order chi connectivity index (χ0) is 17.6. The Balaban J connectivity index is 2.68. The monoisotopic (exact) mass is 354 g/mol. The molecule has 0 radical (unpaired) electrons. The molecule has 0 fully saturated rings. The molecule has 128 valence electrons. The van der Waals surface area contributed by atoms with E-state index in [1.807, 2.05) is 0 Å². The fourth-order valence-electron chi connectivity index (χ4n) is 1.39. The van der Waals surface area contributed by atoms with Crippen LogP contribution < -0.4 is 10.0 Å². The zero-order valence-electron chi connectivity index (χ0n) is 11.9. The minimum Gasteiger partial charge on any atom is -0.455 e. The third-order valence-corrected chi connectivity index (χ3v) is 3.85. The number of rotatable bonds is 7. The summed E-state index contributed by atoms with van der Waals surface area (Å²) in [6, 6.07) is 0.941. The van der Waals surface area contributed by atoms with Crippen LogP contribution in [0.1, 0.15) is 6.92 Å². The number of amides is 1. The van der Waals surface area contributed by atoms with Gasteiger partial charge in [0.25, 0.3) is 5.91 Å². The molecule has 0 atom stereocenters. The highest BCUT2D eigenvalue weighted by Crippen LogP contribution is 2.19. The molecule has 23 heavy (non-hydrogen) atoms. The Bertz CT molecular complexity index is 709. The molecule has 7 nitrogen and oxygen atoms in total. The van der Waals surface area contributed by atoms with Gasteiger partial charge in [-0.25, -0.2) is 21.6 Å². The molecular weight excluding hydrogens is 341 g/mol. The van der Waals surface area contributed by atoms with E-state index in [9.17, 15) is 31.2 Å². The second-order valence-electron chi connectivity index (χ2n) is 4.11. The lowest BCUT2D eigenvalue weighted by molar-refractivity contribution is -0.147. The molecule has 0 saturated heterocycles. The quantitative estimate of drug-likeness (QED) is 0.533. The first kappa shape index (κ1) is 18.9. The normalized spacial score (nSPS) is 11.1. The first-order valence-electron chi connectivity index (χ1n) is 6.24. The van der Waals surface area contributed by atoms with E-state index in [2.05, 4.69) is 10.1 Å². The van der Waals surface area contributed by atoms with Gasteiger partial charge < -0.3 is 10.1 Å². The van der Waals surface area contributed by atoms with Gasteiger partial charge in [0.1, 0.15) is 11.4 Å². The number of carbonyl (C=O) groups excluding carboxylic acids is 2. The summed E-state index contributed by atoms with van der Waals surface area (Å²) < 4.78 is 68.8. The molecule has 0 aliphatic heterocycles. The number of ether oxygens (including phenoxy) is 1. The van der Waals surface area contributed by atoms with E-state index in [4.69, 9.17) is 0 Å². The lowest BCUT2D eigenvalue weighted by Crippen LogP contribution is -2.34. The van der Waals surface area contributed by atoms with E-state index in [0.717, 1.165) is 0 Å². The fourth-order valence-corrected chi connectivity index (χ4v) is 2.43. The predicted octanol–water partition coefficient (Wildman–Crippen LogP) is 0.0615. The van der Waals surface area contributed by atoms with Crippen molar-refractivity contribution in [3.8, 4) is 0 Å². The van der Waals surface area contributed by atoms with Crippen LogP contribution in [0.4, 0.5) is 13.2 Å². The van der Waals surface area contributed by atoms with Crippen molar-refractivity contribution >= 4 is 21.9 Å². The minimum absolute atomic E-state index is 0.318. The van der Waals surface area contributed by atoms with Crippen LogP contribution in [0.15, 0.2) is 17.0 Å². The molecule has 0 unspecified atom stereocenters. The van der Waals surface area contributed by atoms with Gasteiger partial charge in [-0.2, -0.15) is 4.72 Å². The van der Waals surface area contributed by atoms with Crippen molar-refractivity contribution in [1.82, 2.24) is 10.0 Å². The number of hydrogen-bond donors (Lipinski definition) is 2. The number of sulfonamides is 1. The molecule has 0 aromatic heterocycles. The van der Waals surface area contributed by atoms with Crippen molar-refractivity contribution in [2.24, 2.45) is 0 Å². The SMILES string of the molecule is CCNC(=O)COC(=O)CNS(=O)(=O)c1ccc(F)c(F)c1F. The molecule has 1 aromatic carbocycles. The summed E-state index contributed by atoms with van der Waals surface area (Å²) in [7, 11) is -4.61. The van der Waals surface area contributed by atoms with Gasteiger partial charge in [0.05, 0.1) is 0 Å². The molecule has 0 aliphatic rings. The Morgan fingerprint density at radius 1 is 1.17 bits per heavy atom. The van der Waals surface area contributed by atoms with E-state index < -0.39 is 57.4 Å². The maximum atomic E-state index is 13.4. The fraction of sp³-hybridized carbons (Fsp3) is 0.333. The van der Waals surface area contributed by atoms with Gasteiger partial charge in [0.15, 0.2) is 24.1 Å². The van der Waals surface area contributed by atoms with Gasteiger partial charge in [0.2, 0.25) is 10.0 Å². The summed E-state index contributed by atoms with van der Waals surface area (Å²) in [5.74, 6) is -7.11. The van der Waals surface area contributed by atoms with Gasteiger partial charge >= 0.3 is 5.97 Å². The molecular formula is C12H13F3N2O5S. The third kappa shape index (κ3) is 5.21. The molecule has 1 rings (SSSR count). The van der Waals surface area contributed by atoms with Crippen molar-refractivity contribution in [3.05, 3.63) is 29.6 Å². The summed E-state index contributed by atoms with van der Waals surface area (Å²) in [6.07, 6.45) is 0. The van der Waals surface area contributed by atoms with Crippen molar-refractivity contribution in [2.75, 3.05) is 19.7 Å². The number of carbonyl (C=O) groups is 2. The molecule has 1 amide bonds. The topological polar surface area (TPSA) is 102 Å². The Morgan fingerprint density at radius 3 is 2.43 bits per heavy atom. The summed E-state index contributed by atoms with van der Waals surface area (Å²) in [4.78, 5) is 21.1. The Morgan fingerprint density at radius 2 is 1.83 bits per heavy atom. The van der Waals surface area contributed by atoms with E-state index in [1.165, 1.54) is 0 Å². The third-order valence-electron chi connectivity index (χ3n) is 2.43. The van der Waals surface area contributed by atoms with Crippen molar-refractivity contribution in [2.45, 2.75) is 11.8 Å². The number of nitrogens with one attached hydrogen (secondary N) is 2. The lowest BCUT2D eigenvalue weighted by atomic mass is 10.3. The van der Waals surface area contributed by atoms with Crippen LogP contribution >= 0.6 is 0 Å². The second-order valence-corrected chi connectivity index (χ2v) is 5.85. The summed E-state index contributed by atoms with van der Waals surface area (Å²) in [5, 5.41) is 2.34. The van der Waals surface area contributed by atoms with E-state index in [1.54, 1.807) is 11.6 Å². The highest BCUT2D eigenvalue weighted by atomic mass is 32.2. The largest absolute Gasteiger partial charge is 0.455 e. The smallest absolute Gasteiger partial charge is 0.321 e. The van der Waals surface area contributed by atoms with Crippen LogP contribution in [0.25, 0.3) is 0 Å². The van der Waals surface area contributed by atoms with Gasteiger partial charge in [-0.15, -0.1) is 0 Å². The number of halogens is 3. The molecule has 0 saturated carbocycles. The van der Waals surface area contributed by atoms with Gasteiger partial charge in [-0.1, -0.05) is 0 Å². The van der Waals surface area contributed by atoms with E-state index in [-0.39, 0.29) is 0 Å². The summed E-state index contributed by atoms with van der Waals surface area (Å²) in [5.41, 5.74) is 0. The summed E-state index contributed by atoms with van der Waals surface area (Å²) in [6.45, 7) is 0.427. The van der Waals surface area contributed by atoms with Crippen molar-refractivity contribution < 1.29 is 35.9 Å². The lowest BCUT2D eigenvalue weighted by Gasteiger charge is -2.08. The number of benzene rings is 1. The standard InChI is InChI=1S/C12H13F3N2O5S/c1-2-16-9(18)6-22-10(19)5-17-23(20,21)8-4-3-7(13)11(14)12(8)15/h3-4,17H,2,5-6H2,1H3,(H,16,18). The zero-order valence-corrected chi connectivity index (χ0v) is 12.7. The second kappa shape index (κ2) is 7.92. The molecule has 1 aromatic rings. The predicted molar refractivity (Wildman–Crippen MR) is 71.1 cm³/mol.